The topological polar surface area (TPSA) is 30.5 Å². The van der Waals surface area contributed by atoms with E-state index in [1.807, 2.05) is 0 Å². The summed E-state index contributed by atoms with van der Waals surface area (Å²) in [6, 6.07) is 25.4. The van der Waals surface area contributed by atoms with Gasteiger partial charge in [0.2, 0.25) is 0 Å². The number of hydrogen-bond acceptors (Lipinski definition) is 3. The van der Waals surface area contributed by atoms with Crippen molar-refractivity contribution in [1.29, 1.82) is 0 Å². The van der Waals surface area contributed by atoms with Crippen LogP contribution in [0.3, 0.4) is 0 Å². The van der Waals surface area contributed by atoms with Crippen LogP contribution in [-0.2, 0) is 12.8 Å². The number of ether oxygens (including phenoxy) is 2. The average molecular weight is 422 g/mol. The molecule has 4 rings (SSSR count). The summed E-state index contributed by atoms with van der Waals surface area (Å²) in [6.07, 6.45) is 1.86. The Bertz CT molecular complexity index is 1040. The molecule has 4 aromatic carbocycles. The van der Waals surface area contributed by atoms with Gasteiger partial charge in [0.15, 0.2) is 0 Å². The minimum absolute atomic E-state index is 0. The number of benzene rings is 4. The van der Waals surface area contributed by atoms with Crippen LogP contribution in [0.5, 0.6) is 11.5 Å². The van der Waals surface area contributed by atoms with Crippen molar-refractivity contribution in [3.05, 3.63) is 83.9 Å². The van der Waals surface area contributed by atoms with Gasteiger partial charge in [0.25, 0.3) is 0 Å². The molecule has 0 radical (unpaired) electrons. The number of methoxy groups -OCH3 is 2. The summed E-state index contributed by atoms with van der Waals surface area (Å²) in [4.78, 5) is 0. The number of fused-ring (bicyclic) bond motifs is 2. The lowest BCUT2D eigenvalue weighted by atomic mass is 10.00. The molecule has 1 N–H and O–H groups in total. The highest BCUT2D eigenvalue weighted by molar-refractivity contribution is 5.88. The van der Waals surface area contributed by atoms with Crippen molar-refractivity contribution in [3.8, 4) is 11.5 Å². The molecular formula is C26H28ClNO2. The van der Waals surface area contributed by atoms with E-state index in [0.717, 1.165) is 37.4 Å². The van der Waals surface area contributed by atoms with Gasteiger partial charge in [-0.2, -0.15) is 0 Å². The molecule has 0 amide bonds. The zero-order valence-electron chi connectivity index (χ0n) is 17.5. The number of hydrogen-bond donors (Lipinski definition) is 1. The lowest BCUT2D eigenvalue weighted by Crippen LogP contribution is -2.20. The van der Waals surface area contributed by atoms with E-state index in [1.54, 1.807) is 14.2 Å². The molecule has 0 aliphatic heterocycles. The van der Waals surface area contributed by atoms with E-state index in [0.29, 0.717) is 0 Å². The van der Waals surface area contributed by atoms with E-state index in [-0.39, 0.29) is 12.4 Å². The van der Waals surface area contributed by atoms with Gasteiger partial charge in [0.05, 0.1) is 14.2 Å². The fourth-order valence-electron chi connectivity index (χ4n) is 4.08. The largest absolute Gasteiger partial charge is 0.496 e. The van der Waals surface area contributed by atoms with Crippen molar-refractivity contribution in [3.63, 3.8) is 0 Å². The monoisotopic (exact) mass is 421 g/mol. The van der Waals surface area contributed by atoms with Crippen LogP contribution < -0.4 is 14.8 Å². The molecule has 0 spiro atoms. The van der Waals surface area contributed by atoms with Crippen molar-refractivity contribution in [2.75, 3.05) is 27.3 Å². The first kappa shape index (κ1) is 21.9. The molecule has 0 aliphatic carbocycles. The Morgan fingerprint density at radius 1 is 0.600 bits per heavy atom. The van der Waals surface area contributed by atoms with Crippen LogP contribution in [0, 0.1) is 0 Å². The van der Waals surface area contributed by atoms with Crippen molar-refractivity contribution >= 4 is 34.0 Å². The van der Waals surface area contributed by atoms with Gasteiger partial charge in [-0.25, -0.2) is 0 Å². The molecule has 3 nitrogen and oxygen atoms in total. The van der Waals surface area contributed by atoms with E-state index < -0.39 is 0 Å². The van der Waals surface area contributed by atoms with E-state index in [1.165, 1.54) is 32.7 Å². The maximum absolute atomic E-state index is 5.61. The molecule has 4 heteroatoms. The van der Waals surface area contributed by atoms with Crippen LogP contribution in [-0.4, -0.2) is 27.3 Å². The van der Waals surface area contributed by atoms with E-state index in [2.05, 4.69) is 78.1 Å². The Kier molecular flexibility index (Phi) is 7.56. The van der Waals surface area contributed by atoms with Crippen LogP contribution >= 0.6 is 12.4 Å². The third kappa shape index (κ3) is 4.53. The van der Waals surface area contributed by atoms with E-state index in [9.17, 15) is 0 Å². The molecular weight excluding hydrogens is 394 g/mol. The Morgan fingerprint density at radius 3 is 1.47 bits per heavy atom. The molecule has 30 heavy (non-hydrogen) atoms. The molecule has 4 aromatic rings. The average Bonchev–Trinajstić information content (AvgIpc) is 2.78. The quantitative estimate of drug-likeness (QED) is 0.364. The summed E-state index contributed by atoms with van der Waals surface area (Å²) >= 11 is 0. The molecule has 156 valence electrons. The first-order valence-electron chi connectivity index (χ1n) is 10.1. The van der Waals surface area contributed by atoms with Crippen molar-refractivity contribution in [1.82, 2.24) is 5.32 Å². The smallest absolute Gasteiger partial charge is 0.122 e. The number of halogens is 1. The summed E-state index contributed by atoms with van der Waals surface area (Å²) in [5.74, 6) is 1.92. The number of nitrogens with one attached hydrogen (secondary N) is 1. The summed E-state index contributed by atoms with van der Waals surface area (Å²) in [6.45, 7) is 1.80. The molecule has 0 saturated carbocycles. The van der Waals surface area contributed by atoms with Crippen LogP contribution in [0.1, 0.15) is 11.1 Å². The molecule has 0 aliphatic rings. The van der Waals surface area contributed by atoms with Crippen LogP contribution in [0.2, 0.25) is 0 Å². The third-order valence-electron chi connectivity index (χ3n) is 5.54. The SMILES string of the molecule is COc1ccc2ccccc2c1CCNCCc1c(OC)ccc2ccccc12.Cl. The van der Waals surface area contributed by atoms with E-state index >= 15 is 0 Å². The van der Waals surface area contributed by atoms with E-state index in [4.69, 9.17) is 9.47 Å². The first-order valence-corrected chi connectivity index (χ1v) is 10.1. The highest BCUT2D eigenvalue weighted by Gasteiger charge is 2.10. The highest BCUT2D eigenvalue weighted by Crippen LogP contribution is 2.29. The molecule has 0 atom stereocenters. The van der Waals surface area contributed by atoms with Gasteiger partial charge in [0, 0.05) is 11.1 Å². The molecule has 0 fully saturated rings. The maximum atomic E-state index is 5.61. The third-order valence-corrected chi connectivity index (χ3v) is 5.54. The minimum atomic E-state index is 0. The van der Waals surface area contributed by atoms with Gasteiger partial charge in [-0.3, -0.25) is 0 Å². The summed E-state index contributed by atoms with van der Waals surface area (Å²) in [5.41, 5.74) is 2.53. The zero-order chi connectivity index (χ0) is 20.1. The van der Waals surface area contributed by atoms with Gasteiger partial charge in [-0.15, -0.1) is 12.4 Å². The summed E-state index contributed by atoms with van der Waals surface area (Å²) in [5, 5.41) is 8.65. The predicted molar refractivity (Wildman–Crippen MR) is 129 cm³/mol. The Morgan fingerprint density at radius 2 is 1.03 bits per heavy atom. The minimum Gasteiger partial charge on any atom is -0.496 e. The molecule has 0 aromatic heterocycles. The number of rotatable bonds is 8. The van der Waals surface area contributed by atoms with Crippen molar-refractivity contribution in [2.24, 2.45) is 0 Å². The lowest BCUT2D eigenvalue weighted by Gasteiger charge is -2.14. The van der Waals surface area contributed by atoms with Crippen LogP contribution in [0.25, 0.3) is 21.5 Å². The van der Waals surface area contributed by atoms with Gasteiger partial charge in [-0.1, -0.05) is 60.7 Å². The first-order chi connectivity index (χ1) is 14.3. The molecule has 0 heterocycles. The van der Waals surface area contributed by atoms with Gasteiger partial charge in [-0.05, 0) is 59.6 Å². The highest BCUT2D eigenvalue weighted by atomic mass is 35.5. The standard InChI is InChI=1S/C26H27NO2.ClH/c1-28-25-13-11-19-7-3-5-9-21(19)23(25)15-17-27-18-16-24-22-10-6-4-8-20(22)12-14-26(24)29-2;/h3-14,27H,15-18H2,1-2H3;1H. The lowest BCUT2D eigenvalue weighted by molar-refractivity contribution is 0.409. The summed E-state index contributed by atoms with van der Waals surface area (Å²) in [7, 11) is 3.49. The fourth-order valence-corrected chi connectivity index (χ4v) is 4.08. The fraction of sp³-hybridized carbons (Fsp3) is 0.231. The Hall–Kier alpha value is -2.75. The summed E-state index contributed by atoms with van der Waals surface area (Å²) < 4.78 is 11.2. The van der Waals surface area contributed by atoms with Crippen molar-refractivity contribution < 1.29 is 9.47 Å². The molecule has 0 saturated heterocycles. The normalized spacial score (nSPS) is 10.7. The Labute approximate surface area is 184 Å². The molecule has 0 bridgehead atoms. The second-order valence-corrected chi connectivity index (χ2v) is 7.19. The molecule has 0 unspecified atom stereocenters. The predicted octanol–water partition coefficient (Wildman–Crippen LogP) is 5.81. The van der Waals surface area contributed by atoms with Crippen molar-refractivity contribution in [2.45, 2.75) is 12.8 Å². The van der Waals surface area contributed by atoms with Crippen LogP contribution in [0.4, 0.5) is 0 Å². The van der Waals surface area contributed by atoms with Gasteiger partial charge in [0.1, 0.15) is 11.5 Å². The Balaban J connectivity index is 0.00000256. The van der Waals surface area contributed by atoms with Crippen LogP contribution in [0.15, 0.2) is 72.8 Å². The van der Waals surface area contributed by atoms with Gasteiger partial charge < -0.3 is 14.8 Å². The second kappa shape index (κ2) is 10.3. The van der Waals surface area contributed by atoms with Gasteiger partial charge >= 0.3 is 0 Å². The maximum Gasteiger partial charge on any atom is 0.122 e. The second-order valence-electron chi connectivity index (χ2n) is 7.19. The zero-order valence-corrected chi connectivity index (χ0v) is 18.3.